The fraction of sp³-hybridized carbons (Fsp3) is 0.556. The monoisotopic (exact) mass is 439 g/mol. The van der Waals surface area contributed by atoms with Gasteiger partial charge in [-0.15, -0.1) is 0 Å². The van der Waals surface area contributed by atoms with Gasteiger partial charge in [0.25, 0.3) is 0 Å². The highest BCUT2D eigenvalue weighted by Crippen LogP contribution is 2.51. The van der Waals surface area contributed by atoms with Crippen molar-refractivity contribution in [2.75, 3.05) is 24.3 Å². The van der Waals surface area contributed by atoms with Crippen LogP contribution >= 0.6 is 0 Å². The van der Waals surface area contributed by atoms with E-state index in [9.17, 15) is 4.55 Å². The maximum absolute atomic E-state index is 13.8. The number of benzene rings is 2. The Labute approximate surface area is 191 Å². The number of hydrogen-bond donors (Lipinski definition) is 0. The second-order valence-corrected chi connectivity index (χ2v) is 10.9. The summed E-state index contributed by atoms with van der Waals surface area (Å²) in [6.07, 6.45) is 9.46. The Kier molecular flexibility index (Phi) is 7.18. The van der Waals surface area contributed by atoms with Gasteiger partial charge < -0.3 is 14.2 Å². The third-order valence-electron chi connectivity index (χ3n) is 6.98. The fourth-order valence-electron chi connectivity index (χ4n) is 5.04. The lowest BCUT2D eigenvalue weighted by atomic mass is 9.79. The lowest BCUT2D eigenvalue weighted by molar-refractivity contribution is 0.270. The molecule has 1 aliphatic heterocycles. The van der Waals surface area contributed by atoms with Crippen molar-refractivity contribution in [2.45, 2.75) is 76.0 Å². The van der Waals surface area contributed by atoms with Crippen molar-refractivity contribution in [3.63, 3.8) is 0 Å². The van der Waals surface area contributed by atoms with E-state index in [0.717, 1.165) is 41.5 Å². The summed E-state index contributed by atoms with van der Waals surface area (Å²) in [6.45, 7) is 5.46. The zero-order valence-electron chi connectivity index (χ0n) is 19.4. The third kappa shape index (κ3) is 4.90. The molecule has 0 bridgehead atoms. The normalized spacial score (nSPS) is 20.3. The molecule has 4 heteroatoms. The van der Waals surface area contributed by atoms with Crippen LogP contribution in [0, 0.1) is 5.41 Å². The van der Waals surface area contributed by atoms with E-state index in [4.69, 9.17) is 4.74 Å². The van der Waals surface area contributed by atoms with E-state index in [0.29, 0.717) is 5.92 Å². The van der Waals surface area contributed by atoms with Gasteiger partial charge in [0.2, 0.25) is 0 Å². The van der Waals surface area contributed by atoms with E-state index in [1.807, 2.05) is 0 Å². The van der Waals surface area contributed by atoms with Crippen LogP contribution in [-0.2, 0) is 11.2 Å². The van der Waals surface area contributed by atoms with Crippen molar-refractivity contribution < 1.29 is 9.29 Å². The molecule has 0 amide bonds. The van der Waals surface area contributed by atoms with Crippen molar-refractivity contribution in [2.24, 2.45) is 5.41 Å². The molecule has 1 fully saturated rings. The maximum Gasteiger partial charge on any atom is 0.180 e. The molecular formula is C27H37NO2S. The smallest absolute Gasteiger partial charge is 0.180 e. The quantitative estimate of drug-likeness (QED) is 0.388. The molecule has 1 unspecified atom stereocenters. The number of ether oxygens (including phenoxy) is 1. The Morgan fingerprint density at radius 2 is 1.74 bits per heavy atom. The summed E-state index contributed by atoms with van der Waals surface area (Å²) in [5.74, 6) is 2.24. The van der Waals surface area contributed by atoms with Gasteiger partial charge in [-0.25, -0.2) is 0 Å². The number of unbranched alkanes of at least 4 members (excludes halogenated alkanes) is 2. The molecule has 1 heterocycles. The average molecular weight is 440 g/mol. The highest BCUT2D eigenvalue weighted by Gasteiger charge is 2.43. The Morgan fingerprint density at radius 1 is 1.06 bits per heavy atom. The molecule has 3 nitrogen and oxygen atoms in total. The number of para-hydroxylation sites is 1. The summed E-state index contributed by atoms with van der Waals surface area (Å²) in [7, 11) is 1.75. The number of rotatable bonds is 9. The Balaban J connectivity index is 1.84. The van der Waals surface area contributed by atoms with Gasteiger partial charge in [-0.3, -0.25) is 0 Å². The van der Waals surface area contributed by atoms with Crippen LogP contribution in [0.3, 0.4) is 0 Å². The summed E-state index contributed by atoms with van der Waals surface area (Å²) in [5.41, 5.74) is 3.68. The third-order valence-corrected chi connectivity index (χ3v) is 8.68. The van der Waals surface area contributed by atoms with Crippen molar-refractivity contribution in [3.8, 4) is 5.75 Å². The molecule has 31 heavy (non-hydrogen) atoms. The second-order valence-electron chi connectivity index (χ2n) is 9.45. The summed E-state index contributed by atoms with van der Waals surface area (Å²) in [4.78, 5) is 3.41. The highest BCUT2D eigenvalue weighted by atomic mass is 32.2. The maximum atomic E-state index is 13.8. The zero-order chi connectivity index (χ0) is 21.8. The average Bonchev–Trinajstić information content (AvgIpc) is 3.65. The minimum Gasteiger partial charge on any atom is -0.611 e. The summed E-state index contributed by atoms with van der Waals surface area (Å²) >= 11 is -1.04. The Morgan fingerprint density at radius 3 is 2.32 bits per heavy atom. The number of hydrogen-bond acceptors (Lipinski definition) is 3. The van der Waals surface area contributed by atoms with Crippen molar-refractivity contribution in [1.82, 2.24) is 0 Å². The molecule has 1 atom stereocenters. The van der Waals surface area contributed by atoms with Gasteiger partial charge in [-0.1, -0.05) is 57.7 Å². The van der Waals surface area contributed by atoms with Gasteiger partial charge in [-0.05, 0) is 66.5 Å². The van der Waals surface area contributed by atoms with Crippen LogP contribution in [0.2, 0.25) is 0 Å². The van der Waals surface area contributed by atoms with Crippen LogP contribution in [0.5, 0.6) is 5.75 Å². The van der Waals surface area contributed by atoms with E-state index in [1.165, 1.54) is 49.8 Å². The Hall–Kier alpha value is -1.65. The van der Waals surface area contributed by atoms with Gasteiger partial charge in [-0.2, -0.15) is 0 Å². The van der Waals surface area contributed by atoms with Gasteiger partial charge in [0, 0.05) is 23.7 Å². The number of nitrogens with zero attached hydrogens (tertiary/aromatic N) is 1. The molecule has 0 saturated heterocycles. The molecule has 1 aliphatic carbocycles. The standard InChI is InChI=1S/C27H37NO2S/c1-4-6-15-27(16-7-5-2)19-28(22-11-9-8-10-12-22)24-17-23(21-13-14-21)25(30-3)18-26(24)31(29)20-27/h8-12,17-18,21H,4-7,13-16,19-20H2,1-3H3. The zero-order valence-corrected chi connectivity index (χ0v) is 20.2. The Bertz CT molecular complexity index is 857. The first-order valence-corrected chi connectivity index (χ1v) is 13.4. The topological polar surface area (TPSA) is 35.5 Å². The predicted molar refractivity (Wildman–Crippen MR) is 131 cm³/mol. The van der Waals surface area contributed by atoms with Crippen molar-refractivity contribution in [3.05, 3.63) is 48.0 Å². The fourth-order valence-corrected chi connectivity index (χ4v) is 6.77. The van der Waals surface area contributed by atoms with Crippen molar-refractivity contribution >= 4 is 22.6 Å². The van der Waals surface area contributed by atoms with Crippen LogP contribution < -0.4 is 9.64 Å². The minimum atomic E-state index is -1.04. The van der Waals surface area contributed by atoms with Gasteiger partial charge >= 0.3 is 0 Å². The molecule has 4 rings (SSSR count). The van der Waals surface area contributed by atoms with Crippen molar-refractivity contribution in [1.29, 1.82) is 0 Å². The first kappa shape index (κ1) is 22.5. The van der Waals surface area contributed by atoms with E-state index >= 15 is 0 Å². The largest absolute Gasteiger partial charge is 0.611 e. The SMILES string of the molecule is CCCCC1(CCCC)CN(c2ccccc2)c2cc(C3CC3)c(OC)cc2[S+]([O-])C1. The van der Waals surface area contributed by atoms with Crippen LogP contribution in [0.25, 0.3) is 0 Å². The van der Waals surface area contributed by atoms with Gasteiger partial charge in [0.05, 0.1) is 12.8 Å². The second kappa shape index (κ2) is 9.87. The molecular weight excluding hydrogens is 402 g/mol. The summed E-state index contributed by atoms with van der Waals surface area (Å²) < 4.78 is 19.6. The number of methoxy groups -OCH3 is 1. The first-order chi connectivity index (χ1) is 15.1. The molecule has 0 radical (unpaired) electrons. The van der Waals surface area contributed by atoms with Crippen LogP contribution in [0.15, 0.2) is 47.4 Å². The van der Waals surface area contributed by atoms with E-state index in [2.05, 4.69) is 61.2 Å². The van der Waals surface area contributed by atoms with Crippen LogP contribution in [0.1, 0.15) is 76.7 Å². The summed E-state index contributed by atoms with van der Waals surface area (Å²) in [6, 6.07) is 15.1. The van der Waals surface area contributed by atoms with Crippen LogP contribution in [-0.4, -0.2) is 24.0 Å². The number of fused-ring (bicyclic) bond motifs is 1. The molecule has 168 valence electrons. The van der Waals surface area contributed by atoms with Crippen LogP contribution in [0.4, 0.5) is 11.4 Å². The lowest BCUT2D eigenvalue weighted by Crippen LogP contribution is -2.38. The van der Waals surface area contributed by atoms with Gasteiger partial charge in [0.1, 0.15) is 11.5 Å². The summed E-state index contributed by atoms with van der Waals surface area (Å²) in [5, 5.41) is 0. The molecule has 0 N–H and O–H groups in total. The molecule has 1 saturated carbocycles. The number of anilines is 2. The van der Waals surface area contributed by atoms with Gasteiger partial charge in [0.15, 0.2) is 4.90 Å². The molecule has 0 aromatic heterocycles. The van der Waals surface area contributed by atoms with E-state index in [-0.39, 0.29) is 5.41 Å². The highest BCUT2D eigenvalue weighted by molar-refractivity contribution is 7.91. The molecule has 2 aliphatic rings. The lowest BCUT2D eigenvalue weighted by Gasteiger charge is -2.36. The first-order valence-electron chi connectivity index (χ1n) is 12.0. The molecule has 0 spiro atoms. The predicted octanol–water partition coefficient (Wildman–Crippen LogP) is 7.20. The van der Waals surface area contributed by atoms with E-state index < -0.39 is 11.2 Å². The van der Waals surface area contributed by atoms with E-state index in [1.54, 1.807) is 7.11 Å². The molecule has 2 aromatic carbocycles. The molecule has 2 aromatic rings. The minimum absolute atomic E-state index is 0.0682.